The summed E-state index contributed by atoms with van der Waals surface area (Å²) in [4.78, 5) is 25.6. The molecule has 98 valence electrons. The lowest BCUT2D eigenvalue weighted by Crippen LogP contribution is -2.14. The number of para-hydroxylation sites is 1. The molecular formula is C11H10N4O4. The summed E-state index contributed by atoms with van der Waals surface area (Å²) < 4.78 is 5.81. The van der Waals surface area contributed by atoms with Crippen LogP contribution in [0.4, 0.5) is 5.69 Å². The van der Waals surface area contributed by atoms with E-state index in [4.69, 9.17) is 0 Å². The first-order chi connectivity index (χ1) is 9.13. The number of methoxy groups -OCH3 is 1. The van der Waals surface area contributed by atoms with Crippen molar-refractivity contribution < 1.29 is 14.5 Å². The van der Waals surface area contributed by atoms with Gasteiger partial charge in [-0.15, -0.1) is 0 Å². The molecule has 19 heavy (non-hydrogen) atoms. The van der Waals surface area contributed by atoms with Crippen molar-refractivity contribution in [1.82, 2.24) is 14.8 Å². The average molecular weight is 262 g/mol. The van der Waals surface area contributed by atoms with Gasteiger partial charge >= 0.3 is 5.97 Å². The van der Waals surface area contributed by atoms with Crippen LogP contribution in [-0.2, 0) is 11.3 Å². The Morgan fingerprint density at radius 1 is 1.47 bits per heavy atom. The van der Waals surface area contributed by atoms with Gasteiger partial charge in [-0.2, -0.15) is 5.10 Å². The van der Waals surface area contributed by atoms with E-state index in [0.29, 0.717) is 5.56 Å². The van der Waals surface area contributed by atoms with Gasteiger partial charge in [-0.25, -0.2) is 14.5 Å². The lowest BCUT2D eigenvalue weighted by molar-refractivity contribution is -0.385. The summed E-state index contributed by atoms with van der Waals surface area (Å²) in [6.07, 6.45) is 1.20. The average Bonchev–Trinajstić information content (AvgIpc) is 2.86. The fourth-order valence-electron chi connectivity index (χ4n) is 1.61. The highest BCUT2D eigenvalue weighted by atomic mass is 16.6. The van der Waals surface area contributed by atoms with Gasteiger partial charge in [0.15, 0.2) is 0 Å². The predicted molar refractivity (Wildman–Crippen MR) is 63.6 cm³/mol. The summed E-state index contributed by atoms with van der Waals surface area (Å²) in [7, 11) is 1.23. The Hall–Kier alpha value is -2.77. The summed E-state index contributed by atoms with van der Waals surface area (Å²) in [5.41, 5.74) is 0.400. The molecule has 0 N–H and O–H groups in total. The molecule has 2 aromatic rings. The van der Waals surface area contributed by atoms with E-state index in [1.54, 1.807) is 18.2 Å². The molecule has 0 aliphatic rings. The maximum absolute atomic E-state index is 11.4. The smallest absolute Gasteiger partial charge is 0.375 e. The number of nitro groups is 1. The van der Waals surface area contributed by atoms with Crippen LogP contribution in [0.5, 0.6) is 0 Å². The van der Waals surface area contributed by atoms with Gasteiger partial charge in [-0.05, 0) is 0 Å². The molecule has 0 atom stereocenters. The van der Waals surface area contributed by atoms with E-state index in [-0.39, 0.29) is 18.1 Å². The number of nitro benzene ring substituents is 1. The maximum atomic E-state index is 11.4. The Kier molecular flexibility index (Phi) is 3.51. The predicted octanol–water partition coefficient (Wildman–Crippen LogP) is 1.02. The van der Waals surface area contributed by atoms with Crippen LogP contribution in [0.15, 0.2) is 30.6 Å². The van der Waals surface area contributed by atoms with E-state index in [0.717, 1.165) is 0 Å². The van der Waals surface area contributed by atoms with Crippen molar-refractivity contribution in [1.29, 1.82) is 0 Å². The minimum Gasteiger partial charge on any atom is -0.463 e. The number of hydrogen-bond donors (Lipinski definition) is 0. The molecule has 8 nitrogen and oxygen atoms in total. The monoisotopic (exact) mass is 262 g/mol. The molecule has 1 aromatic carbocycles. The molecular weight excluding hydrogens is 252 g/mol. The van der Waals surface area contributed by atoms with Crippen LogP contribution in [0, 0.1) is 10.1 Å². The number of carbonyl (C=O) groups excluding carboxylic acids is 1. The van der Waals surface area contributed by atoms with Crippen molar-refractivity contribution in [2.45, 2.75) is 6.54 Å². The zero-order valence-electron chi connectivity index (χ0n) is 10.0. The number of ether oxygens (including phenoxy) is 1. The summed E-state index contributed by atoms with van der Waals surface area (Å²) >= 11 is 0. The van der Waals surface area contributed by atoms with Gasteiger partial charge in [0.05, 0.1) is 24.1 Å². The summed E-state index contributed by atoms with van der Waals surface area (Å²) in [6.45, 7) is 0.0710. The van der Waals surface area contributed by atoms with Gasteiger partial charge < -0.3 is 4.74 Å². The van der Waals surface area contributed by atoms with Crippen LogP contribution in [-0.4, -0.2) is 32.8 Å². The topological polar surface area (TPSA) is 100 Å². The highest BCUT2D eigenvalue weighted by Crippen LogP contribution is 2.18. The number of rotatable bonds is 4. The minimum atomic E-state index is -0.643. The highest BCUT2D eigenvalue weighted by Gasteiger charge is 2.18. The molecule has 1 heterocycles. The Morgan fingerprint density at radius 3 is 2.89 bits per heavy atom. The SMILES string of the molecule is COC(=O)c1ncnn1Cc1ccccc1[N+](=O)[O-]. The first-order valence-corrected chi connectivity index (χ1v) is 5.32. The van der Waals surface area contributed by atoms with E-state index in [1.807, 2.05) is 0 Å². The van der Waals surface area contributed by atoms with E-state index < -0.39 is 10.9 Å². The zero-order chi connectivity index (χ0) is 13.8. The number of hydrogen-bond acceptors (Lipinski definition) is 6. The zero-order valence-corrected chi connectivity index (χ0v) is 10.0. The molecule has 0 spiro atoms. The third kappa shape index (κ3) is 2.57. The van der Waals surface area contributed by atoms with Gasteiger partial charge in [0.2, 0.25) is 5.82 Å². The van der Waals surface area contributed by atoms with E-state index >= 15 is 0 Å². The molecule has 1 aromatic heterocycles. The van der Waals surface area contributed by atoms with Gasteiger partial charge in [0.25, 0.3) is 5.69 Å². The van der Waals surface area contributed by atoms with Gasteiger partial charge in [-0.3, -0.25) is 10.1 Å². The third-order valence-corrected chi connectivity index (χ3v) is 2.49. The van der Waals surface area contributed by atoms with Crippen molar-refractivity contribution in [3.63, 3.8) is 0 Å². The van der Waals surface area contributed by atoms with Gasteiger partial charge in [0.1, 0.15) is 6.33 Å². The van der Waals surface area contributed by atoms with Crippen molar-refractivity contribution in [3.05, 3.63) is 52.1 Å². The second-order valence-electron chi connectivity index (χ2n) is 3.62. The fraction of sp³-hybridized carbons (Fsp3) is 0.182. The van der Waals surface area contributed by atoms with Crippen molar-refractivity contribution in [2.75, 3.05) is 7.11 Å². The quantitative estimate of drug-likeness (QED) is 0.463. The number of nitrogens with zero attached hydrogens (tertiary/aromatic N) is 4. The molecule has 2 rings (SSSR count). The molecule has 0 saturated heterocycles. The number of esters is 1. The third-order valence-electron chi connectivity index (χ3n) is 2.49. The first-order valence-electron chi connectivity index (χ1n) is 5.32. The standard InChI is InChI=1S/C11H10N4O4/c1-19-11(16)10-12-7-13-14(10)6-8-4-2-3-5-9(8)15(17)18/h2-5,7H,6H2,1H3. The normalized spacial score (nSPS) is 10.2. The second kappa shape index (κ2) is 5.25. The molecule has 0 unspecified atom stereocenters. The lowest BCUT2D eigenvalue weighted by Gasteiger charge is -2.05. The van der Waals surface area contributed by atoms with Crippen LogP contribution in [0.25, 0.3) is 0 Å². The number of aromatic nitrogens is 3. The lowest BCUT2D eigenvalue weighted by atomic mass is 10.2. The fourth-order valence-corrected chi connectivity index (χ4v) is 1.61. The van der Waals surface area contributed by atoms with Crippen LogP contribution in [0.1, 0.15) is 16.2 Å². The molecule has 0 radical (unpaired) electrons. The van der Waals surface area contributed by atoms with Crippen LogP contribution in [0.3, 0.4) is 0 Å². The molecule has 0 saturated carbocycles. The first kappa shape index (κ1) is 12.7. The summed E-state index contributed by atoms with van der Waals surface area (Å²) in [5.74, 6) is -0.642. The van der Waals surface area contributed by atoms with E-state index in [2.05, 4.69) is 14.8 Å². The Morgan fingerprint density at radius 2 is 2.21 bits per heavy atom. The van der Waals surface area contributed by atoms with Crippen molar-refractivity contribution in [3.8, 4) is 0 Å². The molecule has 0 amide bonds. The molecule has 0 aliphatic heterocycles. The van der Waals surface area contributed by atoms with Gasteiger partial charge in [-0.1, -0.05) is 18.2 Å². The van der Waals surface area contributed by atoms with Crippen LogP contribution >= 0.6 is 0 Å². The largest absolute Gasteiger partial charge is 0.463 e. The van der Waals surface area contributed by atoms with Crippen molar-refractivity contribution in [2.24, 2.45) is 0 Å². The Labute approximate surface area is 107 Å². The second-order valence-corrected chi connectivity index (χ2v) is 3.62. The molecule has 8 heteroatoms. The van der Waals surface area contributed by atoms with E-state index in [9.17, 15) is 14.9 Å². The summed E-state index contributed by atoms with van der Waals surface area (Å²) in [5, 5.41) is 14.8. The minimum absolute atomic E-state index is 0.000603. The number of carbonyl (C=O) groups is 1. The van der Waals surface area contributed by atoms with E-state index in [1.165, 1.54) is 24.2 Å². The molecule has 0 bridgehead atoms. The highest BCUT2D eigenvalue weighted by molar-refractivity contribution is 5.85. The molecule has 0 fully saturated rings. The van der Waals surface area contributed by atoms with Crippen LogP contribution < -0.4 is 0 Å². The van der Waals surface area contributed by atoms with Crippen LogP contribution in [0.2, 0.25) is 0 Å². The molecule has 0 aliphatic carbocycles. The van der Waals surface area contributed by atoms with Crippen molar-refractivity contribution >= 4 is 11.7 Å². The Balaban J connectivity index is 2.35. The number of benzene rings is 1. The summed E-state index contributed by atoms with van der Waals surface area (Å²) in [6, 6.07) is 6.24. The van der Waals surface area contributed by atoms with Gasteiger partial charge in [0, 0.05) is 6.07 Å². The Bertz CT molecular complexity index is 623. The maximum Gasteiger partial charge on any atom is 0.375 e.